The lowest BCUT2D eigenvalue weighted by Gasteiger charge is -2.24. The zero-order valence-electron chi connectivity index (χ0n) is 31.3. The van der Waals surface area contributed by atoms with Crippen molar-refractivity contribution in [1.82, 2.24) is 5.32 Å². The van der Waals surface area contributed by atoms with Crippen molar-refractivity contribution in [3.05, 3.63) is 193 Å². The van der Waals surface area contributed by atoms with Gasteiger partial charge in [0.1, 0.15) is 46.2 Å². The Labute approximate surface area is 348 Å². The first kappa shape index (κ1) is 34.1. The Hall–Kier alpha value is -7.00. The smallest absolute Gasteiger partial charge is 0.159 e. The van der Waals surface area contributed by atoms with Crippen LogP contribution < -0.4 is 14.8 Å². The molecule has 9 aromatic rings. The number of rotatable bonds is 5. The van der Waals surface area contributed by atoms with E-state index in [9.17, 15) is 0 Å². The van der Waals surface area contributed by atoms with Gasteiger partial charge in [0.05, 0.1) is 19.6 Å². The van der Waals surface area contributed by atoms with Gasteiger partial charge in [-0.3, -0.25) is 0 Å². The maximum Gasteiger partial charge on any atom is 0.159 e. The van der Waals surface area contributed by atoms with Crippen LogP contribution in [-0.4, -0.2) is 11.7 Å². The van der Waals surface area contributed by atoms with Crippen LogP contribution in [0.1, 0.15) is 22.9 Å². The Balaban J connectivity index is 1.10. The first-order valence-electron chi connectivity index (χ1n) is 19.4. The molecule has 1 unspecified atom stereocenters. The van der Waals surface area contributed by atoms with Gasteiger partial charge >= 0.3 is 0 Å². The lowest BCUT2D eigenvalue weighted by molar-refractivity contribution is 0.456. The fourth-order valence-electron chi connectivity index (χ4n) is 8.13. The van der Waals surface area contributed by atoms with Crippen LogP contribution in [0.2, 0.25) is 0 Å². The van der Waals surface area contributed by atoms with E-state index in [4.69, 9.17) is 23.9 Å². The van der Waals surface area contributed by atoms with Crippen molar-refractivity contribution in [2.45, 2.75) is 25.7 Å². The molecule has 0 aliphatic carbocycles. The summed E-state index contributed by atoms with van der Waals surface area (Å²) in [6.45, 7) is 0. The van der Waals surface area contributed by atoms with Crippen molar-refractivity contribution < 1.29 is 13.9 Å². The molecule has 1 atom stereocenters. The number of nitrogens with one attached hydrogen (secondary N) is 1. The summed E-state index contributed by atoms with van der Waals surface area (Å²) in [5.74, 6) is 4.70. The number of fused-ring (bicyclic) bond motifs is 7. The van der Waals surface area contributed by atoms with Crippen LogP contribution in [0.3, 0.4) is 0 Å². The molecule has 0 saturated carbocycles. The average molecular weight is 798 g/mol. The van der Waals surface area contributed by atoms with Gasteiger partial charge < -0.3 is 19.2 Å². The van der Waals surface area contributed by atoms with Gasteiger partial charge in [0, 0.05) is 38.6 Å². The van der Waals surface area contributed by atoms with Crippen molar-refractivity contribution in [3.8, 4) is 45.3 Å². The molecule has 0 fully saturated rings. The Bertz CT molecular complexity index is 3210. The number of aliphatic imine (C=N–C) groups is 2. The largest absolute Gasteiger partial charge is 0.455 e. The van der Waals surface area contributed by atoms with E-state index in [1.165, 1.54) is 0 Å². The van der Waals surface area contributed by atoms with E-state index in [-0.39, 0.29) is 6.17 Å². The second kappa shape index (κ2) is 13.8. The van der Waals surface area contributed by atoms with E-state index in [0.29, 0.717) is 5.84 Å². The van der Waals surface area contributed by atoms with Crippen LogP contribution in [-0.2, 0) is 0 Å². The topological polar surface area (TPSA) is 68.4 Å². The molecule has 1 N–H and O–H groups in total. The van der Waals surface area contributed by atoms with Crippen LogP contribution in [0.25, 0.3) is 44.2 Å². The number of hydrogen-bond acceptors (Lipinski definition) is 8. The number of benzene rings is 8. The van der Waals surface area contributed by atoms with Crippen LogP contribution >= 0.6 is 23.5 Å². The molecule has 8 aromatic carbocycles. The Morgan fingerprint density at radius 1 is 0.492 bits per heavy atom. The first-order valence-corrected chi connectivity index (χ1v) is 21.0. The van der Waals surface area contributed by atoms with Gasteiger partial charge in [-0.15, -0.1) is 0 Å². The van der Waals surface area contributed by atoms with Crippen molar-refractivity contribution in [3.63, 3.8) is 0 Å². The standard InChI is InChI=1S/C51H31N3O3S2/c1-3-14-30(15-4-1)49-52-50(31-16-5-2-6-17-31)54-51(53-49)35-20-11-23-40-45(35)37-29-32(33-18-12-26-43-47(33)55-38-21-7-9-24-41(38)58-43)28-36(46(37)57-40)34-19-13-27-44-48(34)56-39-22-8-10-25-42(39)59-44/h1-29,49H,(H,52,53,54). The van der Waals surface area contributed by atoms with Gasteiger partial charge in [-0.05, 0) is 65.7 Å². The molecule has 3 aliphatic rings. The third kappa shape index (κ3) is 5.82. The van der Waals surface area contributed by atoms with Crippen molar-refractivity contribution in [2.75, 3.05) is 0 Å². The normalized spacial score (nSPS) is 15.1. The highest BCUT2D eigenvalue weighted by Gasteiger charge is 2.29. The van der Waals surface area contributed by atoms with E-state index in [2.05, 4.69) is 96.3 Å². The van der Waals surface area contributed by atoms with E-state index in [1.807, 2.05) is 84.9 Å². The SMILES string of the molecule is c1ccc(C2=NC(c3ccccc3)NC(c3cccc4oc5c(-c6cccc7c6Oc6ccccc6S7)cc(-c6cccc7c6Oc6ccccc6S7)cc5c34)=N2)cc1. The fourth-order valence-corrected chi connectivity index (χ4v) is 10.1. The molecule has 280 valence electrons. The maximum atomic E-state index is 6.99. The molecule has 3 aliphatic heterocycles. The van der Waals surface area contributed by atoms with Crippen molar-refractivity contribution in [2.24, 2.45) is 9.98 Å². The fraction of sp³-hybridized carbons (Fsp3) is 0.0196. The van der Waals surface area contributed by atoms with E-state index in [1.54, 1.807) is 23.5 Å². The van der Waals surface area contributed by atoms with Crippen molar-refractivity contribution in [1.29, 1.82) is 0 Å². The van der Waals surface area contributed by atoms with Crippen molar-refractivity contribution >= 4 is 57.1 Å². The summed E-state index contributed by atoms with van der Waals surface area (Å²) in [4.78, 5) is 14.6. The van der Waals surface area contributed by atoms with Crippen LogP contribution in [0.5, 0.6) is 23.0 Å². The quantitative estimate of drug-likeness (QED) is 0.187. The first-order chi connectivity index (χ1) is 29.2. The molecule has 12 rings (SSSR count). The van der Waals surface area contributed by atoms with E-state index < -0.39 is 0 Å². The molecule has 0 radical (unpaired) electrons. The highest BCUT2D eigenvalue weighted by Crippen LogP contribution is 2.54. The number of furan rings is 1. The predicted octanol–water partition coefficient (Wildman–Crippen LogP) is 13.9. The van der Waals surface area contributed by atoms with Gasteiger partial charge in [0.25, 0.3) is 0 Å². The number of hydrogen-bond donors (Lipinski definition) is 1. The monoisotopic (exact) mass is 797 g/mol. The van der Waals surface area contributed by atoms with E-state index >= 15 is 0 Å². The number of nitrogens with zero attached hydrogens (tertiary/aromatic N) is 2. The molecule has 1 aromatic heterocycles. The Kier molecular flexibility index (Phi) is 7.99. The Morgan fingerprint density at radius 2 is 1.08 bits per heavy atom. The molecule has 0 saturated heterocycles. The van der Waals surface area contributed by atoms with Gasteiger partial charge in [0.15, 0.2) is 5.84 Å². The highest BCUT2D eigenvalue weighted by molar-refractivity contribution is 8.00. The number of ether oxygens (including phenoxy) is 2. The average Bonchev–Trinajstić information content (AvgIpc) is 3.69. The number of amidine groups is 2. The summed E-state index contributed by atoms with van der Waals surface area (Å²) >= 11 is 3.45. The molecule has 4 heterocycles. The molecule has 59 heavy (non-hydrogen) atoms. The van der Waals surface area contributed by atoms with Gasteiger partial charge in [-0.1, -0.05) is 145 Å². The second-order valence-electron chi connectivity index (χ2n) is 14.5. The number of para-hydroxylation sites is 4. The molecule has 0 bridgehead atoms. The second-order valence-corrected chi connectivity index (χ2v) is 16.7. The molecule has 0 amide bonds. The van der Waals surface area contributed by atoms with Gasteiger partial charge in [0.2, 0.25) is 0 Å². The van der Waals surface area contributed by atoms with E-state index in [0.717, 1.165) is 109 Å². The van der Waals surface area contributed by atoms with Crippen LogP contribution in [0.4, 0.5) is 0 Å². The predicted molar refractivity (Wildman–Crippen MR) is 238 cm³/mol. The summed E-state index contributed by atoms with van der Waals surface area (Å²) in [5, 5.41) is 5.61. The summed E-state index contributed by atoms with van der Waals surface area (Å²) < 4.78 is 20.5. The van der Waals surface area contributed by atoms with Gasteiger partial charge in [-0.25, -0.2) is 9.98 Å². The molecule has 0 spiro atoms. The zero-order chi connectivity index (χ0) is 38.9. The van der Waals surface area contributed by atoms with Crippen LogP contribution in [0, 0.1) is 0 Å². The molecule has 8 heteroatoms. The third-order valence-corrected chi connectivity index (χ3v) is 13.1. The summed E-state index contributed by atoms with van der Waals surface area (Å²) in [5.41, 5.74) is 8.27. The minimum atomic E-state index is -0.347. The van der Waals surface area contributed by atoms with Crippen LogP contribution in [0.15, 0.2) is 210 Å². The Morgan fingerprint density at radius 3 is 1.81 bits per heavy atom. The minimum Gasteiger partial charge on any atom is -0.455 e. The summed E-state index contributed by atoms with van der Waals surface area (Å²) in [6.07, 6.45) is -0.347. The lowest BCUT2D eigenvalue weighted by atomic mass is 9.93. The molecule has 6 nitrogen and oxygen atoms in total. The lowest BCUT2D eigenvalue weighted by Crippen LogP contribution is -2.33. The summed E-state index contributed by atoms with van der Waals surface area (Å²) in [6, 6.07) is 60.2. The highest BCUT2D eigenvalue weighted by atomic mass is 32.2. The maximum absolute atomic E-state index is 6.99. The molecular weight excluding hydrogens is 767 g/mol. The molecular formula is C51H31N3O3S2. The summed E-state index contributed by atoms with van der Waals surface area (Å²) in [7, 11) is 0. The van der Waals surface area contributed by atoms with Gasteiger partial charge in [-0.2, -0.15) is 0 Å². The minimum absolute atomic E-state index is 0.347. The third-order valence-electron chi connectivity index (χ3n) is 10.9. The zero-order valence-corrected chi connectivity index (χ0v) is 32.9.